The molecule has 0 aliphatic carbocycles. The molecule has 0 saturated carbocycles. The molecule has 1 aromatic rings. The summed E-state index contributed by atoms with van der Waals surface area (Å²) in [6.45, 7) is 3.79. The highest BCUT2D eigenvalue weighted by atomic mass is 35.5. The summed E-state index contributed by atoms with van der Waals surface area (Å²) in [6, 6.07) is 8.49. The lowest BCUT2D eigenvalue weighted by atomic mass is 9.70. The van der Waals surface area contributed by atoms with Gasteiger partial charge in [-0.15, -0.1) is 0 Å². The Morgan fingerprint density at radius 1 is 1.39 bits per heavy atom. The molecule has 1 aliphatic rings. The first kappa shape index (κ1) is 13.9. The van der Waals surface area contributed by atoms with Crippen molar-refractivity contribution in [2.24, 2.45) is 5.73 Å². The fraction of sp³-hybridized carbons (Fsp3) is 0.600. The molecule has 0 radical (unpaired) electrons. The summed E-state index contributed by atoms with van der Waals surface area (Å²) in [5, 5.41) is 0.809. The maximum Gasteiger partial charge on any atom is 0.0474 e. The van der Waals surface area contributed by atoms with Gasteiger partial charge in [0.1, 0.15) is 0 Å². The van der Waals surface area contributed by atoms with Gasteiger partial charge >= 0.3 is 0 Å². The number of ether oxygens (including phenoxy) is 1. The number of halogens is 1. The minimum Gasteiger partial charge on any atom is -0.381 e. The van der Waals surface area contributed by atoms with E-state index in [1.165, 1.54) is 5.56 Å². The molecule has 1 heterocycles. The van der Waals surface area contributed by atoms with Crippen LogP contribution in [0, 0.1) is 0 Å². The van der Waals surface area contributed by atoms with Crippen molar-refractivity contribution in [1.82, 2.24) is 0 Å². The smallest absolute Gasteiger partial charge is 0.0474 e. The van der Waals surface area contributed by atoms with E-state index in [4.69, 9.17) is 22.1 Å². The lowest BCUT2D eigenvalue weighted by molar-refractivity contribution is 0.0441. The van der Waals surface area contributed by atoms with Crippen molar-refractivity contribution < 1.29 is 4.74 Å². The Morgan fingerprint density at radius 2 is 2.11 bits per heavy atom. The Labute approximate surface area is 114 Å². The zero-order valence-electron chi connectivity index (χ0n) is 11.0. The van der Waals surface area contributed by atoms with E-state index in [1.807, 2.05) is 12.1 Å². The third-order valence-electron chi connectivity index (χ3n) is 4.06. The van der Waals surface area contributed by atoms with Crippen LogP contribution in [0.15, 0.2) is 24.3 Å². The summed E-state index contributed by atoms with van der Waals surface area (Å²) in [7, 11) is 0. The van der Waals surface area contributed by atoms with Gasteiger partial charge in [0, 0.05) is 29.7 Å². The van der Waals surface area contributed by atoms with Gasteiger partial charge in [0.25, 0.3) is 0 Å². The highest BCUT2D eigenvalue weighted by Crippen LogP contribution is 2.39. The molecule has 1 saturated heterocycles. The fourth-order valence-corrected chi connectivity index (χ4v) is 3.03. The van der Waals surface area contributed by atoms with Crippen molar-refractivity contribution in [3.8, 4) is 0 Å². The van der Waals surface area contributed by atoms with Crippen molar-refractivity contribution in [2.45, 2.75) is 44.1 Å². The molecule has 100 valence electrons. The number of hydrogen-bond donors (Lipinski definition) is 1. The molecule has 3 heteroatoms. The third-order valence-corrected chi connectivity index (χ3v) is 4.30. The molecule has 1 aliphatic heterocycles. The molecule has 0 bridgehead atoms. The molecular weight excluding hydrogens is 246 g/mol. The van der Waals surface area contributed by atoms with E-state index >= 15 is 0 Å². The second-order valence-electron chi connectivity index (χ2n) is 5.28. The van der Waals surface area contributed by atoms with Crippen molar-refractivity contribution in [3.63, 3.8) is 0 Å². The molecule has 1 aromatic carbocycles. The number of hydrogen-bond acceptors (Lipinski definition) is 2. The van der Waals surface area contributed by atoms with Crippen LogP contribution in [0.2, 0.25) is 5.02 Å². The predicted molar refractivity (Wildman–Crippen MR) is 76.1 cm³/mol. The summed E-state index contributed by atoms with van der Waals surface area (Å²) in [5.41, 5.74) is 7.66. The van der Waals surface area contributed by atoms with E-state index in [-0.39, 0.29) is 11.5 Å². The van der Waals surface area contributed by atoms with Crippen molar-refractivity contribution in [3.05, 3.63) is 34.9 Å². The van der Waals surface area contributed by atoms with Crippen LogP contribution in [0.1, 0.15) is 38.2 Å². The van der Waals surface area contributed by atoms with Crippen LogP contribution in [0.4, 0.5) is 0 Å². The first-order valence-corrected chi connectivity index (χ1v) is 7.13. The van der Waals surface area contributed by atoms with Crippen LogP contribution in [-0.2, 0) is 10.2 Å². The number of nitrogens with two attached hydrogens (primary N) is 1. The van der Waals surface area contributed by atoms with Gasteiger partial charge < -0.3 is 10.5 Å². The largest absolute Gasteiger partial charge is 0.381 e. The lowest BCUT2D eigenvalue weighted by Gasteiger charge is -2.39. The van der Waals surface area contributed by atoms with E-state index in [0.717, 1.165) is 43.9 Å². The maximum absolute atomic E-state index is 6.19. The Balaban J connectivity index is 2.28. The van der Waals surface area contributed by atoms with Crippen LogP contribution >= 0.6 is 11.6 Å². The lowest BCUT2D eigenvalue weighted by Crippen LogP contribution is -2.39. The van der Waals surface area contributed by atoms with Crippen LogP contribution in [0.3, 0.4) is 0 Å². The van der Waals surface area contributed by atoms with Gasteiger partial charge in [0.05, 0.1) is 0 Å². The Bertz CT molecular complexity index is 388. The van der Waals surface area contributed by atoms with Crippen LogP contribution < -0.4 is 5.73 Å². The fourth-order valence-electron chi connectivity index (χ4n) is 2.84. The number of benzene rings is 1. The third kappa shape index (κ3) is 3.05. The first-order valence-electron chi connectivity index (χ1n) is 6.76. The highest BCUT2D eigenvalue weighted by molar-refractivity contribution is 6.30. The Hall–Kier alpha value is -0.570. The molecular formula is C15H22ClNO. The van der Waals surface area contributed by atoms with Gasteiger partial charge in [-0.25, -0.2) is 0 Å². The van der Waals surface area contributed by atoms with Gasteiger partial charge in [0.15, 0.2) is 0 Å². The van der Waals surface area contributed by atoms with E-state index in [9.17, 15) is 0 Å². The minimum absolute atomic E-state index is 0.151. The summed E-state index contributed by atoms with van der Waals surface area (Å²) < 4.78 is 5.52. The van der Waals surface area contributed by atoms with Crippen molar-refractivity contribution in [1.29, 1.82) is 0 Å². The van der Waals surface area contributed by atoms with Crippen LogP contribution in [0.5, 0.6) is 0 Å². The first-order chi connectivity index (χ1) is 8.66. The zero-order chi connectivity index (χ0) is 13.0. The summed E-state index contributed by atoms with van der Waals surface area (Å²) in [4.78, 5) is 0. The molecule has 2 nitrogen and oxygen atoms in total. The van der Waals surface area contributed by atoms with Gasteiger partial charge in [-0.1, -0.05) is 30.7 Å². The van der Waals surface area contributed by atoms with Gasteiger partial charge in [0.2, 0.25) is 0 Å². The molecule has 2 N–H and O–H groups in total. The van der Waals surface area contributed by atoms with Crippen LogP contribution in [0.25, 0.3) is 0 Å². The normalized spacial score (nSPS) is 20.6. The minimum atomic E-state index is 0.151. The summed E-state index contributed by atoms with van der Waals surface area (Å²) >= 11 is 6.13. The Morgan fingerprint density at radius 3 is 2.72 bits per heavy atom. The topological polar surface area (TPSA) is 35.2 Å². The molecule has 0 spiro atoms. The van der Waals surface area contributed by atoms with Crippen molar-refractivity contribution in [2.75, 3.05) is 13.2 Å². The molecule has 0 aromatic heterocycles. The molecule has 0 amide bonds. The van der Waals surface area contributed by atoms with E-state index < -0.39 is 0 Å². The average molecular weight is 268 g/mol. The molecule has 1 fully saturated rings. The van der Waals surface area contributed by atoms with Gasteiger partial charge in [-0.2, -0.15) is 0 Å². The summed E-state index contributed by atoms with van der Waals surface area (Å²) in [6.07, 6.45) is 4.12. The van der Waals surface area contributed by atoms with E-state index in [0.29, 0.717) is 0 Å². The van der Waals surface area contributed by atoms with Crippen LogP contribution in [-0.4, -0.2) is 19.3 Å². The molecule has 2 rings (SSSR count). The predicted octanol–water partition coefficient (Wildman–Crippen LogP) is 3.52. The quantitative estimate of drug-likeness (QED) is 0.906. The maximum atomic E-state index is 6.19. The molecule has 18 heavy (non-hydrogen) atoms. The SMILES string of the molecule is CCC(N)CC1(c2cccc(Cl)c2)CCOCC1. The standard InChI is InChI=1S/C15H22ClNO/c1-2-14(17)11-15(6-8-18-9-7-15)12-4-3-5-13(16)10-12/h3-5,10,14H,2,6-9,11,17H2,1H3. The average Bonchev–Trinajstić information content (AvgIpc) is 2.39. The molecule has 1 atom stereocenters. The Kier molecular flexibility index (Phi) is 4.66. The number of rotatable bonds is 4. The van der Waals surface area contributed by atoms with Gasteiger partial charge in [-0.05, 0) is 43.4 Å². The van der Waals surface area contributed by atoms with Gasteiger partial charge in [-0.3, -0.25) is 0 Å². The van der Waals surface area contributed by atoms with E-state index in [1.54, 1.807) is 0 Å². The second kappa shape index (κ2) is 6.05. The van der Waals surface area contributed by atoms with Crippen molar-refractivity contribution >= 4 is 11.6 Å². The van der Waals surface area contributed by atoms with E-state index in [2.05, 4.69) is 19.1 Å². The second-order valence-corrected chi connectivity index (χ2v) is 5.71. The zero-order valence-corrected chi connectivity index (χ0v) is 11.7. The molecule has 1 unspecified atom stereocenters. The summed E-state index contributed by atoms with van der Waals surface area (Å²) in [5.74, 6) is 0. The monoisotopic (exact) mass is 267 g/mol. The highest BCUT2D eigenvalue weighted by Gasteiger charge is 2.35.